The topological polar surface area (TPSA) is 50.2 Å². The highest BCUT2D eigenvalue weighted by Crippen LogP contribution is 2.34. The normalized spacial score (nSPS) is 17.6. The molecular weight excluding hydrogens is 270 g/mol. The second kappa shape index (κ2) is 4.02. The van der Waals surface area contributed by atoms with E-state index in [9.17, 15) is 9.90 Å². The molecule has 3 rings (SSSR count). The number of aliphatic hydroxyl groups is 1. The number of carbonyl (C=O) groups excluding carboxylic acids is 1. The quantitative estimate of drug-likeness (QED) is 0.872. The number of allylic oxidation sites excluding steroid dienone is 2. The van der Waals surface area contributed by atoms with Crippen molar-refractivity contribution in [3.8, 4) is 0 Å². The van der Waals surface area contributed by atoms with E-state index in [4.69, 9.17) is 11.6 Å². The van der Waals surface area contributed by atoms with E-state index in [2.05, 4.69) is 4.98 Å². The van der Waals surface area contributed by atoms with Gasteiger partial charge in [-0.1, -0.05) is 11.6 Å². The SMILES string of the molecule is O=C1C=CC(O)(c2nc3ccc(Cl)cc3s2)C=C1. The number of halogens is 1. The molecule has 5 heteroatoms. The molecule has 1 aliphatic rings. The molecule has 1 aliphatic carbocycles. The molecule has 18 heavy (non-hydrogen) atoms. The molecule has 1 aromatic heterocycles. The molecule has 90 valence electrons. The number of carbonyl (C=O) groups is 1. The van der Waals surface area contributed by atoms with Crippen LogP contribution in [0.3, 0.4) is 0 Å². The Bertz CT molecular complexity index is 686. The van der Waals surface area contributed by atoms with Gasteiger partial charge >= 0.3 is 0 Å². The number of thiazole rings is 1. The van der Waals surface area contributed by atoms with Crippen molar-refractivity contribution in [2.24, 2.45) is 0 Å². The van der Waals surface area contributed by atoms with Gasteiger partial charge in [0.1, 0.15) is 5.01 Å². The summed E-state index contributed by atoms with van der Waals surface area (Å²) in [5.74, 6) is -0.135. The average Bonchev–Trinajstić information content (AvgIpc) is 2.77. The molecule has 0 saturated heterocycles. The maximum absolute atomic E-state index is 11.1. The number of benzene rings is 1. The molecule has 0 fully saturated rings. The van der Waals surface area contributed by atoms with E-state index in [0.29, 0.717) is 10.0 Å². The maximum atomic E-state index is 11.1. The van der Waals surface area contributed by atoms with E-state index in [1.807, 2.05) is 12.1 Å². The molecule has 0 aliphatic heterocycles. The summed E-state index contributed by atoms with van der Waals surface area (Å²) in [6.45, 7) is 0. The summed E-state index contributed by atoms with van der Waals surface area (Å²) in [5, 5.41) is 11.6. The van der Waals surface area contributed by atoms with Crippen LogP contribution in [-0.4, -0.2) is 15.9 Å². The fourth-order valence-electron chi connectivity index (χ4n) is 1.74. The van der Waals surface area contributed by atoms with Crippen molar-refractivity contribution in [3.63, 3.8) is 0 Å². The Labute approximate surface area is 112 Å². The van der Waals surface area contributed by atoms with Crippen molar-refractivity contribution in [2.75, 3.05) is 0 Å². The van der Waals surface area contributed by atoms with E-state index in [0.717, 1.165) is 10.2 Å². The predicted molar refractivity (Wildman–Crippen MR) is 71.8 cm³/mol. The lowest BCUT2D eigenvalue weighted by atomic mass is 9.98. The molecule has 0 unspecified atom stereocenters. The van der Waals surface area contributed by atoms with Crippen LogP contribution < -0.4 is 0 Å². The Morgan fingerprint density at radius 2 is 2.00 bits per heavy atom. The van der Waals surface area contributed by atoms with Crippen LogP contribution in [0.1, 0.15) is 5.01 Å². The van der Waals surface area contributed by atoms with Gasteiger partial charge in [-0.25, -0.2) is 4.98 Å². The van der Waals surface area contributed by atoms with E-state index in [1.165, 1.54) is 35.6 Å². The van der Waals surface area contributed by atoms with Crippen LogP contribution in [0.4, 0.5) is 0 Å². The minimum Gasteiger partial charge on any atom is -0.375 e. The minimum atomic E-state index is -1.30. The summed E-state index contributed by atoms with van der Waals surface area (Å²) >= 11 is 7.27. The third-order valence-corrected chi connectivity index (χ3v) is 4.09. The fourth-order valence-corrected chi connectivity index (χ4v) is 3.03. The lowest BCUT2D eigenvalue weighted by Gasteiger charge is -2.19. The Hall–Kier alpha value is -1.49. The Morgan fingerprint density at radius 3 is 2.72 bits per heavy atom. The highest BCUT2D eigenvalue weighted by atomic mass is 35.5. The second-order valence-electron chi connectivity index (χ2n) is 4.03. The lowest BCUT2D eigenvalue weighted by Crippen LogP contribution is -2.22. The maximum Gasteiger partial charge on any atom is 0.178 e. The third-order valence-electron chi connectivity index (χ3n) is 2.70. The molecule has 3 nitrogen and oxygen atoms in total. The first-order valence-electron chi connectivity index (χ1n) is 5.28. The van der Waals surface area contributed by atoms with Crippen LogP contribution in [0.5, 0.6) is 0 Å². The summed E-state index contributed by atoms with van der Waals surface area (Å²) in [6, 6.07) is 5.37. The zero-order chi connectivity index (χ0) is 12.8. The highest BCUT2D eigenvalue weighted by molar-refractivity contribution is 7.18. The van der Waals surface area contributed by atoms with Gasteiger partial charge in [0.05, 0.1) is 10.2 Å². The van der Waals surface area contributed by atoms with Gasteiger partial charge in [-0.15, -0.1) is 11.3 Å². The van der Waals surface area contributed by atoms with Crippen molar-refractivity contribution in [3.05, 3.63) is 52.5 Å². The Kier molecular flexibility index (Phi) is 2.59. The number of aromatic nitrogens is 1. The van der Waals surface area contributed by atoms with Gasteiger partial charge < -0.3 is 5.11 Å². The summed E-state index contributed by atoms with van der Waals surface area (Å²) in [4.78, 5) is 15.5. The molecule has 0 spiro atoms. The number of fused-ring (bicyclic) bond motifs is 1. The van der Waals surface area contributed by atoms with E-state index >= 15 is 0 Å². The minimum absolute atomic E-state index is 0.135. The fraction of sp³-hybridized carbons (Fsp3) is 0.0769. The summed E-state index contributed by atoms with van der Waals surface area (Å²) in [6.07, 6.45) is 5.60. The standard InChI is InChI=1S/C13H8ClNO2S/c14-8-1-2-10-11(7-8)18-12(15-10)13(17)5-3-9(16)4-6-13/h1-7,17H. The van der Waals surface area contributed by atoms with Crippen molar-refractivity contribution < 1.29 is 9.90 Å². The van der Waals surface area contributed by atoms with Crippen LogP contribution in [0.2, 0.25) is 5.02 Å². The van der Waals surface area contributed by atoms with Crippen molar-refractivity contribution in [2.45, 2.75) is 5.60 Å². The van der Waals surface area contributed by atoms with Gasteiger partial charge in [-0.2, -0.15) is 0 Å². The zero-order valence-electron chi connectivity index (χ0n) is 9.13. The lowest BCUT2D eigenvalue weighted by molar-refractivity contribution is -0.110. The van der Waals surface area contributed by atoms with Gasteiger partial charge in [-0.3, -0.25) is 4.79 Å². The summed E-state index contributed by atoms with van der Waals surface area (Å²) < 4.78 is 0.907. The largest absolute Gasteiger partial charge is 0.375 e. The van der Waals surface area contributed by atoms with Crippen LogP contribution in [0.25, 0.3) is 10.2 Å². The Morgan fingerprint density at radius 1 is 1.28 bits per heavy atom. The number of rotatable bonds is 1. The molecule has 1 N–H and O–H groups in total. The Balaban J connectivity index is 2.12. The molecule has 0 radical (unpaired) electrons. The van der Waals surface area contributed by atoms with Crippen LogP contribution in [0.15, 0.2) is 42.5 Å². The number of hydrogen-bond donors (Lipinski definition) is 1. The number of ketones is 1. The molecule has 0 atom stereocenters. The van der Waals surface area contributed by atoms with Gasteiger partial charge in [0.2, 0.25) is 0 Å². The van der Waals surface area contributed by atoms with Gasteiger partial charge in [0.15, 0.2) is 11.4 Å². The van der Waals surface area contributed by atoms with Gasteiger partial charge in [0.25, 0.3) is 0 Å². The summed E-state index contributed by atoms with van der Waals surface area (Å²) in [5.41, 5.74) is -0.518. The van der Waals surface area contributed by atoms with Gasteiger partial charge in [0, 0.05) is 5.02 Å². The average molecular weight is 278 g/mol. The van der Waals surface area contributed by atoms with Crippen molar-refractivity contribution >= 4 is 38.9 Å². The number of nitrogens with zero attached hydrogens (tertiary/aromatic N) is 1. The first kappa shape index (κ1) is 11.6. The molecule has 0 amide bonds. The van der Waals surface area contributed by atoms with Crippen LogP contribution in [0, 0.1) is 0 Å². The van der Waals surface area contributed by atoms with E-state index in [-0.39, 0.29) is 5.78 Å². The van der Waals surface area contributed by atoms with Gasteiger partial charge in [-0.05, 0) is 42.5 Å². The molecule has 2 aromatic rings. The second-order valence-corrected chi connectivity index (χ2v) is 5.49. The molecule has 1 aromatic carbocycles. The highest BCUT2D eigenvalue weighted by Gasteiger charge is 2.29. The van der Waals surface area contributed by atoms with E-state index < -0.39 is 5.60 Å². The smallest absolute Gasteiger partial charge is 0.178 e. The molecule has 0 bridgehead atoms. The monoisotopic (exact) mass is 277 g/mol. The molecule has 1 heterocycles. The van der Waals surface area contributed by atoms with E-state index in [1.54, 1.807) is 6.07 Å². The van der Waals surface area contributed by atoms with Crippen molar-refractivity contribution in [1.29, 1.82) is 0 Å². The zero-order valence-corrected chi connectivity index (χ0v) is 10.7. The molecular formula is C13H8ClNO2S. The number of hydrogen-bond acceptors (Lipinski definition) is 4. The van der Waals surface area contributed by atoms with Crippen LogP contribution in [-0.2, 0) is 10.4 Å². The van der Waals surface area contributed by atoms with Crippen LogP contribution >= 0.6 is 22.9 Å². The molecule has 0 saturated carbocycles. The first-order valence-corrected chi connectivity index (χ1v) is 6.48. The summed E-state index contributed by atoms with van der Waals surface area (Å²) in [7, 11) is 0. The predicted octanol–water partition coefficient (Wildman–Crippen LogP) is 2.83. The van der Waals surface area contributed by atoms with Crippen molar-refractivity contribution in [1.82, 2.24) is 4.98 Å². The third kappa shape index (κ3) is 1.88. The first-order chi connectivity index (χ1) is 8.57.